The number of benzene rings is 1. The van der Waals surface area contributed by atoms with Crippen LogP contribution < -0.4 is 0 Å². The Bertz CT molecular complexity index is 336. The number of ketones is 1. The van der Waals surface area contributed by atoms with Crippen molar-refractivity contribution in [3.05, 3.63) is 28.0 Å². The lowest BCUT2D eigenvalue weighted by molar-refractivity contribution is 0.101. The van der Waals surface area contributed by atoms with E-state index >= 15 is 0 Å². The first kappa shape index (κ1) is 9.19. The van der Waals surface area contributed by atoms with Crippen molar-refractivity contribution in [2.75, 3.05) is 0 Å². The molecular weight excluding hydrogens is 227 g/mol. The van der Waals surface area contributed by atoms with Crippen LogP contribution in [-0.4, -0.2) is 10.9 Å². The Balaban J connectivity index is 3.33. The van der Waals surface area contributed by atoms with Gasteiger partial charge in [-0.15, -0.1) is 0 Å². The van der Waals surface area contributed by atoms with Crippen molar-refractivity contribution < 1.29 is 14.3 Å². The van der Waals surface area contributed by atoms with Crippen molar-refractivity contribution in [1.29, 1.82) is 0 Å². The van der Waals surface area contributed by atoms with Gasteiger partial charge in [0.2, 0.25) is 0 Å². The first-order valence-electron chi connectivity index (χ1n) is 3.21. The normalized spacial score (nSPS) is 9.92. The van der Waals surface area contributed by atoms with Gasteiger partial charge in [-0.05, 0) is 35.0 Å². The molecule has 0 aromatic heterocycles. The zero-order chi connectivity index (χ0) is 9.30. The molecule has 0 aliphatic heterocycles. The van der Waals surface area contributed by atoms with Crippen LogP contribution in [0, 0.1) is 5.82 Å². The van der Waals surface area contributed by atoms with E-state index in [9.17, 15) is 9.18 Å². The summed E-state index contributed by atoms with van der Waals surface area (Å²) in [6, 6.07) is 2.16. The quantitative estimate of drug-likeness (QED) is 0.756. The third kappa shape index (κ3) is 1.64. The number of hydrogen-bond acceptors (Lipinski definition) is 2. The van der Waals surface area contributed by atoms with Gasteiger partial charge in [0.15, 0.2) is 5.78 Å². The fraction of sp³-hybridized carbons (Fsp3) is 0.125. The summed E-state index contributed by atoms with van der Waals surface area (Å²) in [5.41, 5.74) is -0.101. The van der Waals surface area contributed by atoms with E-state index in [0.29, 0.717) is 0 Å². The molecule has 4 heteroatoms. The Morgan fingerprint density at radius 2 is 2.17 bits per heavy atom. The van der Waals surface area contributed by atoms with Crippen LogP contribution >= 0.6 is 15.9 Å². The predicted octanol–water partition coefficient (Wildman–Crippen LogP) is 2.50. The van der Waals surface area contributed by atoms with Crippen molar-refractivity contribution in [1.82, 2.24) is 0 Å². The number of halogens is 2. The van der Waals surface area contributed by atoms with Crippen molar-refractivity contribution in [2.45, 2.75) is 6.92 Å². The minimum absolute atomic E-state index is 0.101. The van der Waals surface area contributed by atoms with E-state index in [1.807, 2.05) is 0 Å². The Morgan fingerprint density at radius 1 is 1.58 bits per heavy atom. The van der Waals surface area contributed by atoms with Crippen molar-refractivity contribution in [2.24, 2.45) is 0 Å². The van der Waals surface area contributed by atoms with Gasteiger partial charge in [0.05, 0.1) is 10.0 Å². The first-order chi connectivity index (χ1) is 5.52. The van der Waals surface area contributed by atoms with Crippen molar-refractivity contribution >= 4 is 21.7 Å². The Kier molecular flexibility index (Phi) is 2.47. The molecule has 64 valence electrons. The summed E-state index contributed by atoms with van der Waals surface area (Å²) in [5.74, 6) is -1.18. The number of rotatable bonds is 1. The molecule has 0 saturated heterocycles. The lowest BCUT2D eigenvalue weighted by Crippen LogP contribution is -1.96. The summed E-state index contributed by atoms with van der Waals surface area (Å²) in [6.45, 7) is 1.24. The molecule has 0 amide bonds. The molecule has 0 spiro atoms. The largest absolute Gasteiger partial charge is 0.507 e. The minimum Gasteiger partial charge on any atom is -0.507 e. The highest BCUT2D eigenvalue weighted by molar-refractivity contribution is 9.10. The summed E-state index contributed by atoms with van der Waals surface area (Å²) < 4.78 is 13.2. The molecule has 2 nitrogen and oxygen atoms in total. The van der Waals surface area contributed by atoms with E-state index < -0.39 is 11.6 Å². The Morgan fingerprint density at radius 3 is 2.67 bits per heavy atom. The highest BCUT2D eigenvalue weighted by atomic mass is 79.9. The maximum atomic E-state index is 12.9. The number of carbonyl (C=O) groups is 1. The summed E-state index contributed by atoms with van der Waals surface area (Å²) in [6.07, 6.45) is 0. The maximum Gasteiger partial charge on any atom is 0.162 e. The fourth-order valence-corrected chi connectivity index (χ4v) is 1.12. The molecule has 0 heterocycles. The molecule has 1 aromatic carbocycles. The average Bonchev–Trinajstić information content (AvgIpc) is 1.96. The van der Waals surface area contributed by atoms with E-state index in [1.165, 1.54) is 6.92 Å². The zero-order valence-electron chi connectivity index (χ0n) is 6.27. The molecule has 0 atom stereocenters. The van der Waals surface area contributed by atoms with Gasteiger partial charge in [-0.25, -0.2) is 4.39 Å². The summed E-state index contributed by atoms with van der Waals surface area (Å²) in [5, 5.41) is 9.11. The number of aromatic hydroxyl groups is 1. The van der Waals surface area contributed by atoms with Gasteiger partial charge >= 0.3 is 0 Å². The molecule has 0 unspecified atom stereocenters. The second kappa shape index (κ2) is 3.23. The van der Waals surface area contributed by atoms with Crippen LogP contribution in [0.25, 0.3) is 0 Å². The SMILES string of the molecule is CC(=O)c1cc(O)c(Br)cc1F. The van der Waals surface area contributed by atoms with E-state index in [4.69, 9.17) is 5.11 Å². The van der Waals surface area contributed by atoms with Gasteiger partial charge in [-0.2, -0.15) is 0 Å². The van der Waals surface area contributed by atoms with Crippen molar-refractivity contribution in [3.63, 3.8) is 0 Å². The number of hydrogen-bond donors (Lipinski definition) is 1. The van der Waals surface area contributed by atoms with Crippen LogP contribution in [0.2, 0.25) is 0 Å². The van der Waals surface area contributed by atoms with Crippen LogP contribution in [-0.2, 0) is 0 Å². The standard InChI is InChI=1S/C8H6BrFO2/c1-4(11)5-2-8(12)6(9)3-7(5)10/h2-3,12H,1H3. The molecule has 1 N–H and O–H groups in total. The zero-order valence-corrected chi connectivity index (χ0v) is 7.85. The first-order valence-corrected chi connectivity index (χ1v) is 4.00. The van der Waals surface area contributed by atoms with Gasteiger partial charge in [-0.3, -0.25) is 4.79 Å². The van der Waals surface area contributed by atoms with Crippen molar-refractivity contribution in [3.8, 4) is 5.75 Å². The number of phenols is 1. The third-order valence-electron chi connectivity index (χ3n) is 1.42. The van der Waals surface area contributed by atoms with Crippen LogP contribution in [0.4, 0.5) is 4.39 Å². The highest BCUT2D eigenvalue weighted by Crippen LogP contribution is 2.26. The minimum atomic E-state index is -0.632. The van der Waals surface area contributed by atoms with E-state index in [-0.39, 0.29) is 15.8 Å². The van der Waals surface area contributed by atoms with E-state index in [0.717, 1.165) is 12.1 Å². The average molecular weight is 233 g/mol. The van der Waals surface area contributed by atoms with E-state index in [1.54, 1.807) is 0 Å². The Labute approximate surface area is 77.2 Å². The summed E-state index contributed by atoms with van der Waals surface area (Å²) in [7, 11) is 0. The molecule has 1 aromatic rings. The number of carbonyl (C=O) groups excluding carboxylic acids is 1. The van der Waals surface area contributed by atoms with Gasteiger partial charge in [-0.1, -0.05) is 0 Å². The van der Waals surface area contributed by atoms with Gasteiger partial charge in [0.25, 0.3) is 0 Å². The molecule has 0 fully saturated rings. The number of Topliss-reactive ketones (excluding diaryl/α,β-unsaturated/α-hetero) is 1. The lowest BCUT2D eigenvalue weighted by atomic mass is 10.1. The lowest BCUT2D eigenvalue weighted by Gasteiger charge is -2.01. The fourth-order valence-electron chi connectivity index (χ4n) is 0.807. The van der Waals surface area contributed by atoms with Crippen LogP contribution in [0.3, 0.4) is 0 Å². The van der Waals surface area contributed by atoms with Gasteiger partial charge in [0.1, 0.15) is 11.6 Å². The van der Waals surface area contributed by atoms with Crippen LogP contribution in [0.5, 0.6) is 5.75 Å². The summed E-state index contributed by atoms with van der Waals surface area (Å²) >= 11 is 2.93. The number of phenolic OH excluding ortho intramolecular Hbond substituents is 1. The van der Waals surface area contributed by atoms with Crippen LogP contribution in [0.15, 0.2) is 16.6 Å². The third-order valence-corrected chi connectivity index (χ3v) is 2.05. The second-order valence-corrected chi connectivity index (χ2v) is 3.19. The topological polar surface area (TPSA) is 37.3 Å². The molecule has 0 radical (unpaired) electrons. The maximum absolute atomic E-state index is 12.9. The molecule has 0 aliphatic rings. The molecular formula is C8H6BrFO2. The Hall–Kier alpha value is -0.900. The second-order valence-electron chi connectivity index (χ2n) is 2.34. The monoisotopic (exact) mass is 232 g/mol. The van der Waals surface area contributed by atoms with Gasteiger partial charge in [0, 0.05) is 0 Å². The van der Waals surface area contributed by atoms with E-state index in [2.05, 4.69) is 15.9 Å². The molecule has 12 heavy (non-hydrogen) atoms. The highest BCUT2D eigenvalue weighted by Gasteiger charge is 2.10. The molecule has 0 aliphatic carbocycles. The summed E-state index contributed by atoms with van der Waals surface area (Å²) in [4.78, 5) is 10.8. The predicted molar refractivity (Wildman–Crippen MR) is 45.8 cm³/mol. The molecule has 1 rings (SSSR count). The molecule has 0 bridgehead atoms. The smallest absolute Gasteiger partial charge is 0.162 e. The van der Waals surface area contributed by atoms with Gasteiger partial charge < -0.3 is 5.11 Å². The molecule has 0 saturated carbocycles. The van der Waals surface area contributed by atoms with Crippen LogP contribution in [0.1, 0.15) is 17.3 Å².